The Balaban J connectivity index is 3.60. The first kappa shape index (κ1) is 55.8. The maximum Gasteiger partial charge on any atom is 0.220 e. The zero-order chi connectivity index (χ0) is 41.5. The fourth-order valence-electron chi connectivity index (χ4n) is 8.04. The molecule has 0 aliphatic carbocycles. The SMILES string of the molecule is CCCCCCCCCCCCCC/C=C\CCCCCCCCCCC(=O)NC(CO)C(O)C(O)CCC/C=C/CCCCCCCCCCCCCCCC. The van der Waals surface area contributed by atoms with Crippen LogP contribution in [-0.2, 0) is 4.79 Å². The third kappa shape index (κ3) is 42.8. The molecule has 338 valence electrons. The smallest absolute Gasteiger partial charge is 0.220 e. The van der Waals surface area contributed by atoms with E-state index in [0.717, 1.165) is 38.5 Å². The zero-order valence-electron chi connectivity index (χ0n) is 38.5. The average molecular weight is 804 g/mol. The molecule has 0 bridgehead atoms. The largest absolute Gasteiger partial charge is 0.394 e. The van der Waals surface area contributed by atoms with Crippen molar-refractivity contribution >= 4 is 5.91 Å². The van der Waals surface area contributed by atoms with Gasteiger partial charge in [-0.1, -0.05) is 231 Å². The summed E-state index contributed by atoms with van der Waals surface area (Å²) in [6.45, 7) is 4.19. The van der Waals surface area contributed by atoms with Crippen LogP contribution in [-0.4, -0.2) is 46.1 Å². The van der Waals surface area contributed by atoms with Gasteiger partial charge in [-0.3, -0.25) is 4.79 Å². The van der Waals surface area contributed by atoms with Crippen LogP contribution in [0.4, 0.5) is 0 Å². The van der Waals surface area contributed by atoms with E-state index >= 15 is 0 Å². The Hall–Kier alpha value is -1.17. The number of amides is 1. The fraction of sp³-hybridized carbons (Fsp3) is 0.904. The monoisotopic (exact) mass is 804 g/mol. The number of aliphatic hydroxyl groups is 3. The Labute approximate surface area is 356 Å². The number of carbonyl (C=O) groups excluding carboxylic acids is 1. The first-order chi connectivity index (χ1) is 28.1. The minimum Gasteiger partial charge on any atom is -0.394 e. The molecule has 0 fully saturated rings. The van der Waals surface area contributed by atoms with Crippen molar-refractivity contribution in [2.24, 2.45) is 0 Å². The number of aliphatic hydroxyl groups excluding tert-OH is 3. The summed E-state index contributed by atoms with van der Waals surface area (Å²) in [5, 5.41) is 33.6. The van der Waals surface area contributed by atoms with Gasteiger partial charge in [-0.15, -0.1) is 0 Å². The molecule has 57 heavy (non-hydrogen) atoms. The second-order valence-corrected chi connectivity index (χ2v) is 17.7. The summed E-state index contributed by atoms with van der Waals surface area (Å²) in [4.78, 5) is 12.5. The van der Waals surface area contributed by atoms with Gasteiger partial charge in [0.15, 0.2) is 0 Å². The lowest BCUT2D eigenvalue weighted by Gasteiger charge is -2.26. The number of rotatable bonds is 47. The normalized spacial score (nSPS) is 13.6. The van der Waals surface area contributed by atoms with E-state index in [4.69, 9.17) is 0 Å². The minimum absolute atomic E-state index is 0.154. The van der Waals surface area contributed by atoms with Crippen LogP contribution in [0.1, 0.15) is 277 Å². The molecule has 0 rings (SSSR count). The predicted molar refractivity (Wildman–Crippen MR) is 250 cm³/mol. The molecule has 0 aliphatic heterocycles. The number of carbonyl (C=O) groups is 1. The van der Waals surface area contributed by atoms with E-state index in [0.29, 0.717) is 12.8 Å². The van der Waals surface area contributed by atoms with Crippen LogP contribution in [0.2, 0.25) is 0 Å². The van der Waals surface area contributed by atoms with Crippen LogP contribution in [0.15, 0.2) is 24.3 Å². The van der Waals surface area contributed by atoms with Crippen molar-refractivity contribution in [2.45, 2.75) is 295 Å². The van der Waals surface area contributed by atoms with E-state index < -0.39 is 18.2 Å². The van der Waals surface area contributed by atoms with Crippen molar-refractivity contribution in [3.63, 3.8) is 0 Å². The number of unbranched alkanes of at least 4 members (excludes halogenated alkanes) is 35. The Morgan fingerprint density at radius 1 is 0.421 bits per heavy atom. The summed E-state index contributed by atoms with van der Waals surface area (Å²) in [7, 11) is 0. The molecule has 0 aromatic heterocycles. The van der Waals surface area contributed by atoms with Crippen LogP contribution < -0.4 is 5.32 Å². The topological polar surface area (TPSA) is 89.8 Å². The van der Waals surface area contributed by atoms with Crippen LogP contribution in [0.5, 0.6) is 0 Å². The van der Waals surface area contributed by atoms with E-state index in [-0.39, 0.29) is 12.5 Å². The van der Waals surface area contributed by atoms with Crippen molar-refractivity contribution < 1.29 is 20.1 Å². The molecule has 0 spiro atoms. The van der Waals surface area contributed by atoms with Gasteiger partial charge in [0.2, 0.25) is 5.91 Å². The molecule has 3 unspecified atom stereocenters. The van der Waals surface area contributed by atoms with Crippen LogP contribution >= 0.6 is 0 Å². The molecule has 0 saturated carbocycles. The molecule has 0 saturated heterocycles. The van der Waals surface area contributed by atoms with Crippen LogP contribution in [0.25, 0.3) is 0 Å². The number of nitrogens with one attached hydrogen (secondary N) is 1. The van der Waals surface area contributed by atoms with Gasteiger partial charge in [0.1, 0.15) is 6.10 Å². The summed E-state index contributed by atoms with van der Waals surface area (Å²) in [5.74, 6) is -0.154. The zero-order valence-corrected chi connectivity index (χ0v) is 38.5. The third-order valence-electron chi connectivity index (χ3n) is 12.0. The molecule has 0 radical (unpaired) electrons. The molecule has 0 aromatic rings. The predicted octanol–water partition coefficient (Wildman–Crippen LogP) is 15.3. The minimum atomic E-state index is -1.16. The Bertz CT molecular complexity index is 844. The molecular formula is C52H101NO4. The third-order valence-corrected chi connectivity index (χ3v) is 12.0. The van der Waals surface area contributed by atoms with Gasteiger partial charge in [-0.05, 0) is 64.2 Å². The van der Waals surface area contributed by atoms with Gasteiger partial charge in [0.05, 0.1) is 18.8 Å². The second kappa shape index (κ2) is 47.5. The summed E-state index contributed by atoms with van der Waals surface area (Å²) >= 11 is 0. The Kier molecular flexibility index (Phi) is 46.5. The van der Waals surface area contributed by atoms with Gasteiger partial charge in [0, 0.05) is 6.42 Å². The molecule has 0 aliphatic rings. The van der Waals surface area contributed by atoms with Gasteiger partial charge in [-0.25, -0.2) is 0 Å². The standard InChI is InChI=1S/C52H101NO4/c1-3-5-7-9-11-13-15-17-19-21-23-24-25-26-27-29-31-33-35-37-39-41-43-45-47-51(56)53-49(48-54)52(57)50(55)46-44-42-40-38-36-34-32-30-28-22-20-18-16-14-12-10-8-6-4-2/h26-27,38,40,49-50,52,54-55,57H,3-25,28-37,39,41-48H2,1-2H3,(H,53,56)/b27-26-,40-38+. The van der Waals surface area contributed by atoms with Crippen molar-refractivity contribution in [3.05, 3.63) is 24.3 Å². The Morgan fingerprint density at radius 2 is 0.702 bits per heavy atom. The summed E-state index contributed by atoms with van der Waals surface area (Å²) in [5.41, 5.74) is 0. The molecule has 4 N–H and O–H groups in total. The molecule has 0 aromatic carbocycles. The van der Waals surface area contributed by atoms with Crippen molar-refractivity contribution in [2.75, 3.05) is 6.61 Å². The number of hydrogen-bond donors (Lipinski definition) is 4. The van der Waals surface area contributed by atoms with E-state index in [9.17, 15) is 20.1 Å². The van der Waals surface area contributed by atoms with Gasteiger partial charge >= 0.3 is 0 Å². The molecular weight excluding hydrogens is 703 g/mol. The van der Waals surface area contributed by atoms with E-state index in [1.54, 1.807) is 0 Å². The Morgan fingerprint density at radius 3 is 1.02 bits per heavy atom. The van der Waals surface area contributed by atoms with Crippen LogP contribution in [0.3, 0.4) is 0 Å². The first-order valence-electron chi connectivity index (χ1n) is 25.6. The molecule has 1 amide bonds. The quantitative estimate of drug-likeness (QED) is 0.0364. The molecule has 0 heterocycles. The lowest BCUT2D eigenvalue weighted by molar-refractivity contribution is -0.124. The van der Waals surface area contributed by atoms with Gasteiger partial charge in [0.25, 0.3) is 0 Å². The van der Waals surface area contributed by atoms with Gasteiger partial charge in [-0.2, -0.15) is 0 Å². The lowest BCUT2D eigenvalue weighted by Crippen LogP contribution is -2.50. The van der Waals surface area contributed by atoms with Gasteiger partial charge < -0.3 is 20.6 Å². The van der Waals surface area contributed by atoms with E-state index in [2.05, 4.69) is 43.5 Å². The summed E-state index contributed by atoms with van der Waals surface area (Å²) in [6.07, 6.45) is 58.8. The highest BCUT2D eigenvalue weighted by molar-refractivity contribution is 5.76. The van der Waals surface area contributed by atoms with Crippen molar-refractivity contribution in [3.8, 4) is 0 Å². The molecule has 5 nitrogen and oxygen atoms in total. The van der Waals surface area contributed by atoms with Crippen LogP contribution in [0, 0.1) is 0 Å². The molecule has 3 atom stereocenters. The average Bonchev–Trinajstić information content (AvgIpc) is 3.22. The maximum absolute atomic E-state index is 12.5. The highest BCUT2D eigenvalue weighted by Gasteiger charge is 2.26. The molecule has 5 heteroatoms. The summed E-state index contributed by atoms with van der Waals surface area (Å²) in [6, 6.07) is -0.826. The lowest BCUT2D eigenvalue weighted by atomic mass is 10.0. The van der Waals surface area contributed by atoms with Crippen molar-refractivity contribution in [1.82, 2.24) is 5.32 Å². The highest BCUT2D eigenvalue weighted by Crippen LogP contribution is 2.16. The first-order valence-corrected chi connectivity index (χ1v) is 25.6. The number of allylic oxidation sites excluding steroid dienone is 4. The highest BCUT2D eigenvalue weighted by atomic mass is 16.3. The number of hydrogen-bond acceptors (Lipinski definition) is 4. The maximum atomic E-state index is 12.5. The summed E-state index contributed by atoms with van der Waals surface area (Å²) < 4.78 is 0. The van der Waals surface area contributed by atoms with E-state index in [1.165, 1.54) is 212 Å². The second-order valence-electron chi connectivity index (χ2n) is 17.7. The fourth-order valence-corrected chi connectivity index (χ4v) is 8.04. The van der Waals surface area contributed by atoms with Crippen molar-refractivity contribution in [1.29, 1.82) is 0 Å². The van der Waals surface area contributed by atoms with E-state index in [1.807, 2.05) is 0 Å².